The number of anilines is 1. The summed E-state index contributed by atoms with van der Waals surface area (Å²) in [6, 6.07) is 7.00. The van der Waals surface area contributed by atoms with Gasteiger partial charge in [-0.25, -0.2) is 9.59 Å². The van der Waals surface area contributed by atoms with Gasteiger partial charge in [-0.1, -0.05) is 0 Å². The minimum absolute atomic E-state index is 0.0339. The molecule has 0 aromatic heterocycles. The van der Waals surface area contributed by atoms with Gasteiger partial charge in [0.25, 0.3) is 0 Å². The van der Waals surface area contributed by atoms with Gasteiger partial charge in [0.2, 0.25) is 5.91 Å². The van der Waals surface area contributed by atoms with E-state index in [1.165, 1.54) is 7.11 Å². The molecule has 0 aliphatic carbocycles. The lowest BCUT2D eigenvalue weighted by Gasteiger charge is -2.43. The summed E-state index contributed by atoms with van der Waals surface area (Å²) >= 11 is 0. The Morgan fingerprint density at radius 2 is 1.71 bits per heavy atom. The number of hydrogen-bond donors (Lipinski definition) is 1. The fraction of sp³-hybridized carbons (Fsp3) is 0.550. The van der Waals surface area contributed by atoms with Gasteiger partial charge in [0.15, 0.2) is 0 Å². The van der Waals surface area contributed by atoms with Crippen molar-refractivity contribution in [1.82, 2.24) is 10.2 Å². The average molecular weight is 389 g/mol. The van der Waals surface area contributed by atoms with E-state index in [0.29, 0.717) is 38.2 Å². The molecule has 0 saturated carbocycles. The van der Waals surface area contributed by atoms with Crippen molar-refractivity contribution < 1.29 is 23.9 Å². The molecule has 2 aliphatic heterocycles. The van der Waals surface area contributed by atoms with Gasteiger partial charge in [0.1, 0.15) is 11.1 Å². The molecule has 2 fully saturated rings. The van der Waals surface area contributed by atoms with E-state index in [-0.39, 0.29) is 12.0 Å². The molecular formula is C20H27N3O5. The molecule has 0 radical (unpaired) electrons. The Hall–Kier alpha value is -2.77. The van der Waals surface area contributed by atoms with Crippen LogP contribution in [0.1, 0.15) is 44.0 Å². The third-order valence-corrected chi connectivity index (χ3v) is 5.18. The van der Waals surface area contributed by atoms with Crippen molar-refractivity contribution in [3.8, 4) is 0 Å². The van der Waals surface area contributed by atoms with Gasteiger partial charge < -0.3 is 24.6 Å². The molecule has 2 aliphatic rings. The smallest absolute Gasteiger partial charge is 0.410 e. The van der Waals surface area contributed by atoms with Crippen molar-refractivity contribution >= 4 is 23.7 Å². The van der Waals surface area contributed by atoms with Crippen LogP contribution < -0.4 is 10.2 Å². The number of amides is 2. The van der Waals surface area contributed by atoms with E-state index in [1.54, 1.807) is 17.0 Å². The standard InChI is InChI=1S/C20H27N3O5/c1-19(2,3)28-18(26)22-11-9-20(10-12-22)17(25)21-13-23(20)15-7-5-14(6-8-15)16(24)27-4/h5-8H,9-13H2,1-4H3,(H,21,25). The molecule has 28 heavy (non-hydrogen) atoms. The number of ether oxygens (including phenoxy) is 2. The third kappa shape index (κ3) is 3.76. The van der Waals surface area contributed by atoms with Crippen LogP contribution >= 0.6 is 0 Å². The van der Waals surface area contributed by atoms with Crippen molar-refractivity contribution in [3.05, 3.63) is 29.8 Å². The van der Waals surface area contributed by atoms with Crippen molar-refractivity contribution in [2.24, 2.45) is 0 Å². The predicted molar refractivity (Wildman–Crippen MR) is 103 cm³/mol. The lowest BCUT2D eigenvalue weighted by atomic mass is 9.85. The summed E-state index contributed by atoms with van der Waals surface area (Å²) in [6.45, 7) is 6.78. The zero-order chi connectivity index (χ0) is 20.5. The van der Waals surface area contributed by atoms with Crippen molar-refractivity contribution in [2.45, 2.75) is 44.8 Å². The molecule has 0 unspecified atom stereocenters. The minimum atomic E-state index is -0.703. The van der Waals surface area contributed by atoms with E-state index >= 15 is 0 Å². The number of rotatable bonds is 2. The lowest BCUT2D eigenvalue weighted by Crippen LogP contribution is -2.57. The zero-order valence-corrected chi connectivity index (χ0v) is 16.8. The maximum atomic E-state index is 12.7. The Balaban J connectivity index is 1.74. The fourth-order valence-electron chi connectivity index (χ4n) is 3.71. The molecule has 8 heteroatoms. The van der Waals surface area contributed by atoms with Crippen LogP contribution in [0.15, 0.2) is 24.3 Å². The maximum Gasteiger partial charge on any atom is 0.410 e. The average Bonchev–Trinajstić information content (AvgIpc) is 2.96. The first-order valence-electron chi connectivity index (χ1n) is 9.38. The molecule has 2 amide bonds. The normalized spacial score (nSPS) is 18.8. The summed E-state index contributed by atoms with van der Waals surface area (Å²) in [6.07, 6.45) is 0.669. The van der Waals surface area contributed by atoms with Crippen LogP contribution in [0.5, 0.6) is 0 Å². The first-order valence-corrected chi connectivity index (χ1v) is 9.38. The number of methoxy groups -OCH3 is 1. The van der Waals surface area contributed by atoms with Gasteiger partial charge in [-0.2, -0.15) is 0 Å². The lowest BCUT2D eigenvalue weighted by molar-refractivity contribution is -0.125. The first-order chi connectivity index (χ1) is 13.2. The zero-order valence-electron chi connectivity index (χ0n) is 16.8. The molecule has 3 rings (SSSR count). The monoisotopic (exact) mass is 389 g/mol. The van der Waals surface area contributed by atoms with Gasteiger partial charge in [0.05, 0.1) is 19.3 Å². The number of benzene rings is 1. The number of esters is 1. The van der Waals surface area contributed by atoms with Crippen LogP contribution in [0.3, 0.4) is 0 Å². The number of nitrogens with zero attached hydrogens (tertiary/aromatic N) is 2. The van der Waals surface area contributed by atoms with E-state index in [2.05, 4.69) is 5.32 Å². The summed E-state index contributed by atoms with van der Waals surface area (Å²) in [5.74, 6) is -0.434. The summed E-state index contributed by atoms with van der Waals surface area (Å²) in [5.41, 5.74) is 0.0469. The van der Waals surface area contributed by atoms with Crippen LogP contribution in [-0.2, 0) is 14.3 Å². The number of piperidine rings is 1. The number of carbonyl (C=O) groups excluding carboxylic acids is 3. The minimum Gasteiger partial charge on any atom is -0.465 e. The van der Waals surface area contributed by atoms with E-state index in [1.807, 2.05) is 37.8 Å². The Labute approximate surface area is 164 Å². The van der Waals surface area contributed by atoms with Crippen LogP contribution in [0, 0.1) is 0 Å². The number of carbonyl (C=O) groups is 3. The Morgan fingerprint density at radius 1 is 1.11 bits per heavy atom. The highest BCUT2D eigenvalue weighted by Gasteiger charge is 2.51. The number of hydrogen-bond acceptors (Lipinski definition) is 6. The summed E-state index contributed by atoms with van der Waals surface area (Å²) in [7, 11) is 1.34. The highest BCUT2D eigenvalue weighted by molar-refractivity contribution is 5.94. The molecule has 0 atom stereocenters. The molecule has 2 heterocycles. The second-order valence-corrected chi connectivity index (χ2v) is 8.13. The van der Waals surface area contributed by atoms with Crippen LogP contribution in [-0.4, -0.2) is 60.9 Å². The Morgan fingerprint density at radius 3 is 2.25 bits per heavy atom. The molecule has 2 saturated heterocycles. The molecular weight excluding hydrogens is 362 g/mol. The van der Waals surface area contributed by atoms with Gasteiger partial charge >= 0.3 is 12.1 Å². The van der Waals surface area contributed by atoms with Crippen molar-refractivity contribution in [2.75, 3.05) is 31.8 Å². The fourth-order valence-corrected chi connectivity index (χ4v) is 3.71. The quantitative estimate of drug-likeness (QED) is 0.780. The topological polar surface area (TPSA) is 88.2 Å². The Bertz CT molecular complexity index is 761. The SMILES string of the molecule is COC(=O)c1ccc(N2CNC(=O)C23CCN(C(=O)OC(C)(C)C)CC3)cc1. The summed E-state index contributed by atoms with van der Waals surface area (Å²) in [5, 5.41) is 2.92. The summed E-state index contributed by atoms with van der Waals surface area (Å²) in [4.78, 5) is 40.3. The van der Waals surface area contributed by atoms with Gasteiger partial charge in [-0.3, -0.25) is 4.79 Å². The number of likely N-dealkylation sites (tertiary alicyclic amines) is 1. The van der Waals surface area contributed by atoms with Gasteiger partial charge in [0, 0.05) is 18.8 Å². The highest BCUT2D eigenvalue weighted by atomic mass is 16.6. The second kappa shape index (κ2) is 7.33. The molecule has 1 aromatic carbocycles. The second-order valence-electron chi connectivity index (χ2n) is 8.13. The molecule has 8 nitrogen and oxygen atoms in total. The van der Waals surface area contributed by atoms with E-state index in [4.69, 9.17) is 9.47 Å². The third-order valence-electron chi connectivity index (χ3n) is 5.18. The Kier molecular flexibility index (Phi) is 5.23. The molecule has 1 spiro atoms. The molecule has 152 valence electrons. The molecule has 1 N–H and O–H groups in total. The van der Waals surface area contributed by atoms with Crippen LogP contribution in [0.25, 0.3) is 0 Å². The molecule has 1 aromatic rings. The predicted octanol–water partition coefficient (Wildman–Crippen LogP) is 2.14. The van der Waals surface area contributed by atoms with Gasteiger partial charge in [-0.15, -0.1) is 0 Å². The van der Waals surface area contributed by atoms with E-state index in [9.17, 15) is 14.4 Å². The summed E-state index contributed by atoms with van der Waals surface area (Å²) < 4.78 is 10.2. The highest BCUT2D eigenvalue weighted by Crippen LogP contribution is 2.36. The first kappa shape index (κ1) is 20.0. The number of nitrogens with one attached hydrogen (secondary N) is 1. The van der Waals surface area contributed by atoms with Crippen LogP contribution in [0.2, 0.25) is 0 Å². The maximum absolute atomic E-state index is 12.7. The van der Waals surface area contributed by atoms with Crippen LogP contribution in [0.4, 0.5) is 10.5 Å². The van der Waals surface area contributed by atoms with Crippen molar-refractivity contribution in [3.63, 3.8) is 0 Å². The van der Waals surface area contributed by atoms with Crippen molar-refractivity contribution in [1.29, 1.82) is 0 Å². The van der Waals surface area contributed by atoms with E-state index < -0.39 is 17.1 Å². The largest absolute Gasteiger partial charge is 0.465 e. The van der Waals surface area contributed by atoms with E-state index in [0.717, 1.165) is 5.69 Å². The van der Waals surface area contributed by atoms with Gasteiger partial charge in [-0.05, 0) is 57.9 Å². The molecule has 0 bridgehead atoms.